The quantitative estimate of drug-likeness (QED) is 0.0126. The van der Waals surface area contributed by atoms with Crippen LogP contribution in [-0.2, 0) is 61.9 Å². The van der Waals surface area contributed by atoms with Gasteiger partial charge >= 0.3 is 30.1 Å². The minimum Gasteiger partial charge on any atom is -0.487 e. The van der Waals surface area contributed by atoms with Crippen molar-refractivity contribution >= 4 is 113 Å². The molecule has 0 aromatic heterocycles. The Bertz CT molecular complexity index is 2620. The third-order valence-corrected chi connectivity index (χ3v) is 12.0. The second-order valence-electron chi connectivity index (χ2n) is 21.2. The number of alkyl carbamates (subject to hydrolysis) is 2. The number of ketones is 1. The standard InChI is InChI=1S/C56H83Cl2N13O15/c1-37(26-56(5,6)35-65-54(79)86-34-47(76)83-31-43(72)30-81-23-24-82-46(75)32-84-48(77)33-85-53(78)61-7)25-44(73)68-51(66-41-17-13-39(57)14-18-41)70-49(59)63-21-11-9-10-12-22-64-50(60)71-52(67-42-19-15-40(58)16-20-42)69-45(74)28-55(3,4)27-38(2)29-62-36-80-8/h13-20,36-38H,9-12,21-35H2,1-8H3,(H,61,78)(H,65,79)(H4,59,63,66,68,70,73)(H4,60,64,67,69,71,74)/b62-36-. The van der Waals surface area contributed by atoms with E-state index in [9.17, 15) is 38.4 Å². The number of aliphatic imine (C=N–C) groups is 3. The number of carbonyl (C=O) groups is 8. The van der Waals surface area contributed by atoms with E-state index in [2.05, 4.69) is 73.9 Å². The van der Waals surface area contributed by atoms with Crippen LogP contribution in [0.1, 0.15) is 92.9 Å². The summed E-state index contributed by atoms with van der Waals surface area (Å²) in [6.45, 7) is 9.36. The van der Waals surface area contributed by atoms with Crippen LogP contribution < -0.4 is 42.5 Å². The molecule has 0 heterocycles. The first-order chi connectivity index (χ1) is 40.7. The predicted molar refractivity (Wildman–Crippen MR) is 324 cm³/mol. The van der Waals surface area contributed by atoms with Crippen molar-refractivity contribution in [2.24, 2.45) is 37.6 Å². The predicted octanol–water partition coefficient (Wildman–Crippen LogP) is 5.93. The molecule has 0 saturated heterocycles. The summed E-state index contributed by atoms with van der Waals surface area (Å²) in [7, 11) is 2.83. The molecule has 0 radical (unpaired) electrons. The number of nitrogens with zero attached hydrogens (tertiary/aromatic N) is 3. The molecule has 476 valence electrons. The van der Waals surface area contributed by atoms with Gasteiger partial charge in [0.25, 0.3) is 0 Å². The largest absolute Gasteiger partial charge is 0.487 e. The minimum atomic E-state index is -0.998. The van der Waals surface area contributed by atoms with Gasteiger partial charge in [-0.15, -0.1) is 0 Å². The van der Waals surface area contributed by atoms with Crippen LogP contribution in [-0.4, -0.2) is 165 Å². The summed E-state index contributed by atoms with van der Waals surface area (Å²) in [5.41, 5.74) is 0.270. The van der Waals surface area contributed by atoms with E-state index < -0.39 is 80.2 Å². The summed E-state index contributed by atoms with van der Waals surface area (Å²) >= 11 is 12.2. The van der Waals surface area contributed by atoms with Crippen molar-refractivity contribution in [1.82, 2.24) is 31.9 Å². The summed E-state index contributed by atoms with van der Waals surface area (Å²) in [5.74, 6) is -4.42. The van der Waals surface area contributed by atoms with E-state index in [-0.39, 0.29) is 79.6 Å². The maximum absolute atomic E-state index is 13.3. The number of unbranched alkanes of at least 4 members (excludes halogenated alkanes) is 3. The van der Waals surface area contributed by atoms with Gasteiger partial charge < -0.3 is 65.1 Å². The number of rotatable bonds is 35. The normalized spacial score (nSPS) is 12.3. The summed E-state index contributed by atoms with van der Waals surface area (Å²) in [6, 6.07) is 13.6. The zero-order valence-electron chi connectivity index (χ0n) is 50.0. The molecule has 0 aliphatic carbocycles. The van der Waals surface area contributed by atoms with Crippen LogP contribution in [0.15, 0.2) is 63.5 Å². The molecule has 2 aromatic carbocycles. The lowest BCUT2D eigenvalue weighted by Crippen LogP contribution is -2.44. The third kappa shape index (κ3) is 37.3. The average molecular weight is 1250 g/mol. The number of nitrogens with one attached hydrogen (secondary N) is 10. The fourth-order valence-electron chi connectivity index (χ4n) is 7.93. The number of benzene rings is 2. The number of carbonyl (C=O) groups excluding carboxylic acids is 8. The number of guanidine groups is 4. The number of amides is 4. The van der Waals surface area contributed by atoms with Gasteiger partial charge in [-0.25, -0.2) is 24.0 Å². The van der Waals surface area contributed by atoms with Crippen LogP contribution in [0.3, 0.4) is 0 Å². The van der Waals surface area contributed by atoms with E-state index in [1.807, 2.05) is 34.6 Å². The van der Waals surface area contributed by atoms with Crippen LogP contribution in [0.25, 0.3) is 0 Å². The highest BCUT2D eigenvalue weighted by molar-refractivity contribution is 6.31. The first-order valence-corrected chi connectivity index (χ1v) is 28.3. The number of halogens is 2. The highest BCUT2D eigenvalue weighted by atomic mass is 35.5. The van der Waals surface area contributed by atoms with E-state index in [0.29, 0.717) is 53.9 Å². The molecule has 10 N–H and O–H groups in total. The van der Waals surface area contributed by atoms with Crippen molar-refractivity contribution in [2.45, 2.75) is 92.9 Å². The Morgan fingerprint density at radius 3 is 1.62 bits per heavy atom. The Kier molecular flexibility index (Phi) is 35.3. The zero-order chi connectivity index (χ0) is 63.9. The highest BCUT2D eigenvalue weighted by Crippen LogP contribution is 2.30. The van der Waals surface area contributed by atoms with Gasteiger partial charge in [0, 0.05) is 67.5 Å². The maximum atomic E-state index is 13.3. The van der Waals surface area contributed by atoms with Crippen molar-refractivity contribution in [3.05, 3.63) is 58.6 Å². The second kappa shape index (κ2) is 41.0. The fraction of sp³-hybridized carbons (Fsp3) is 0.554. The molecule has 28 nitrogen and oxygen atoms in total. The van der Waals surface area contributed by atoms with Gasteiger partial charge in [0.15, 0.2) is 50.5 Å². The lowest BCUT2D eigenvalue weighted by Gasteiger charge is -2.27. The Morgan fingerprint density at radius 2 is 1.08 bits per heavy atom. The van der Waals surface area contributed by atoms with Crippen molar-refractivity contribution < 1.29 is 71.5 Å². The Morgan fingerprint density at radius 1 is 0.593 bits per heavy atom. The third-order valence-electron chi connectivity index (χ3n) is 11.5. The van der Waals surface area contributed by atoms with Gasteiger partial charge in [-0.2, -0.15) is 9.98 Å². The molecular formula is C56H83Cl2N13O15. The molecule has 0 aliphatic rings. The van der Waals surface area contributed by atoms with Crippen LogP contribution >= 0.6 is 23.2 Å². The number of hydrogen-bond acceptors (Lipinski definition) is 18. The monoisotopic (exact) mass is 1250 g/mol. The second-order valence-corrected chi connectivity index (χ2v) is 22.0. The summed E-state index contributed by atoms with van der Waals surface area (Å²) in [6.07, 6.45) is 4.08. The molecule has 4 amide bonds. The average Bonchev–Trinajstić information content (AvgIpc) is 3.66. The minimum absolute atomic E-state index is 0.00746. The van der Waals surface area contributed by atoms with E-state index in [1.165, 1.54) is 20.6 Å². The maximum Gasteiger partial charge on any atom is 0.407 e. The molecule has 0 aliphatic heterocycles. The Balaban J connectivity index is 1.77. The Hall–Kier alpha value is -8.11. The van der Waals surface area contributed by atoms with Gasteiger partial charge in [0.1, 0.15) is 13.2 Å². The van der Waals surface area contributed by atoms with Gasteiger partial charge in [0.05, 0.1) is 13.7 Å². The number of Topliss-reactive ketones (excluding diaryl/α,β-unsaturated/α-hetero) is 1. The molecule has 0 fully saturated rings. The molecule has 0 bridgehead atoms. The molecule has 2 aromatic rings. The lowest BCUT2D eigenvalue weighted by atomic mass is 9.80. The molecule has 30 heteroatoms. The Labute approximate surface area is 511 Å². The van der Waals surface area contributed by atoms with Gasteiger partial charge in [-0.05, 0) is 96.9 Å². The van der Waals surface area contributed by atoms with Crippen molar-refractivity contribution in [1.29, 1.82) is 10.8 Å². The van der Waals surface area contributed by atoms with E-state index >= 15 is 0 Å². The number of hydrogen-bond donors (Lipinski definition) is 10. The first-order valence-electron chi connectivity index (χ1n) is 27.5. The molecule has 2 unspecified atom stereocenters. The van der Waals surface area contributed by atoms with Gasteiger partial charge in [-0.1, -0.05) is 77.6 Å². The van der Waals surface area contributed by atoms with Crippen molar-refractivity contribution in [3.8, 4) is 0 Å². The molecular weight excluding hydrogens is 1170 g/mol. The van der Waals surface area contributed by atoms with Crippen molar-refractivity contribution in [2.75, 3.05) is 97.2 Å². The highest BCUT2D eigenvalue weighted by Gasteiger charge is 2.26. The van der Waals surface area contributed by atoms with Crippen LogP contribution in [0.2, 0.25) is 10.0 Å². The molecule has 2 rings (SSSR count). The van der Waals surface area contributed by atoms with E-state index in [4.69, 9.17) is 57.7 Å². The topological polar surface area (TPSA) is 382 Å². The number of methoxy groups -OCH3 is 1. The fourth-order valence-corrected chi connectivity index (χ4v) is 8.18. The molecule has 86 heavy (non-hydrogen) atoms. The van der Waals surface area contributed by atoms with E-state index in [1.54, 1.807) is 48.5 Å². The smallest absolute Gasteiger partial charge is 0.407 e. The number of anilines is 2. The number of ether oxygens (including phenoxy) is 7. The van der Waals surface area contributed by atoms with Crippen molar-refractivity contribution in [3.63, 3.8) is 0 Å². The van der Waals surface area contributed by atoms with Gasteiger partial charge in [0.2, 0.25) is 23.7 Å². The lowest BCUT2D eigenvalue weighted by molar-refractivity contribution is -0.161. The van der Waals surface area contributed by atoms with Crippen LogP contribution in [0.5, 0.6) is 0 Å². The summed E-state index contributed by atoms with van der Waals surface area (Å²) in [4.78, 5) is 110. The molecule has 0 saturated carbocycles. The van der Waals surface area contributed by atoms with Crippen LogP contribution in [0, 0.1) is 33.5 Å². The SMILES string of the molecule is CNC(=O)OCC(=O)OCC(=O)OCCOCC(=O)COC(=O)COC(=O)NCC(C)(C)CC(C)CC(=O)/N=C(/NC(=N)NCCCCCCNC(=N)N/C(=N/C(=O)CC(C)(C)CC(C)C/N=C\OC)Nc1ccc(Cl)cc1)Nc1ccc(Cl)cc1. The van der Waals surface area contributed by atoms with Crippen LogP contribution in [0.4, 0.5) is 21.0 Å². The summed E-state index contributed by atoms with van der Waals surface area (Å²) < 4.78 is 33.5. The van der Waals surface area contributed by atoms with E-state index in [0.717, 1.165) is 25.7 Å². The molecule has 2 atom stereocenters. The molecule has 0 spiro atoms. The number of esters is 3. The zero-order valence-corrected chi connectivity index (χ0v) is 51.5. The summed E-state index contributed by atoms with van der Waals surface area (Å²) in [5, 5.41) is 40.7. The van der Waals surface area contributed by atoms with Gasteiger partial charge in [-0.3, -0.25) is 40.8 Å². The first kappa shape index (κ1) is 74.0.